The molecule has 4 rings (SSSR count). The van der Waals surface area contributed by atoms with Crippen LogP contribution in [-0.2, 0) is 10.2 Å². The fourth-order valence-electron chi connectivity index (χ4n) is 4.83. The molecule has 1 aliphatic heterocycles. The maximum atomic E-state index is 12.9. The molecule has 2 aliphatic rings. The highest BCUT2D eigenvalue weighted by atomic mass is 35.5. The molecule has 2 N–H and O–H groups in total. The topological polar surface area (TPSA) is 49.6 Å². The largest absolute Gasteiger partial charge is 0.360 e. The Kier molecular flexibility index (Phi) is 7.10. The first-order valence-electron chi connectivity index (χ1n) is 10.2. The van der Waals surface area contributed by atoms with Crippen molar-refractivity contribution in [2.75, 3.05) is 31.1 Å². The summed E-state index contributed by atoms with van der Waals surface area (Å²) >= 11 is 6.22. The van der Waals surface area contributed by atoms with Crippen molar-refractivity contribution >= 4 is 35.6 Å². The minimum Gasteiger partial charge on any atom is -0.360 e. The van der Waals surface area contributed by atoms with Crippen LogP contribution in [0.4, 0.5) is 5.69 Å². The lowest BCUT2D eigenvalue weighted by atomic mass is 9.68. The molecule has 4 nitrogen and oxygen atoms in total. The van der Waals surface area contributed by atoms with Crippen molar-refractivity contribution in [2.45, 2.75) is 37.1 Å². The van der Waals surface area contributed by atoms with E-state index >= 15 is 0 Å². The molecule has 0 bridgehead atoms. The van der Waals surface area contributed by atoms with Crippen LogP contribution in [0, 0.1) is 0 Å². The van der Waals surface area contributed by atoms with E-state index in [1.165, 1.54) is 5.56 Å². The minimum absolute atomic E-state index is 0. The second-order valence-electron chi connectivity index (χ2n) is 8.07. The van der Waals surface area contributed by atoms with Gasteiger partial charge < -0.3 is 15.5 Å². The lowest BCUT2D eigenvalue weighted by molar-refractivity contribution is -0.134. The first kappa shape index (κ1) is 21.9. The number of piperazine rings is 1. The Morgan fingerprint density at radius 2 is 1.76 bits per heavy atom. The molecule has 0 radical (unpaired) electrons. The Morgan fingerprint density at radius 1 is 1.03 bits per heavy atom. The lowest BCUT2D eigenvalue weighted by Gasteiger charge is -2.46. The zero-order chi connectivity index (χ0) is 19.6. The van der Waals surface area contributed by atoms with Gasteiger partial charge in [0.1, 0.15) is 0 Å². The summed E-state index contributed by atoms with van der Waals surface area (Å²) in [5.41, 5.74) is 8.57. The molecule has 2 fully saturated rings. The van der Waals surface area contributed by atoms with Crippen LogP contribution in [0.1, 0.15) is 31.2 Å². The molecule has 1 amide bonds. The van der Waals surface area contributed by atoms with E-state index in [1.807, 2.05) is 30.3 Å². The summed E-state index contributed by atoms with van der Waals surface area (Å²) in [6.07, 6.45) is 4.00. The van der Waals surface area contributed by atoms with Gasteiger partial charge in [0.05, 0.1) is 6.54 Å². The molecule has 156 valence electrons. The molecule has 29 heavy (non-hydrogen) atoms. The second kappa shape index (κ2) is 9.38. The quantitative estimate of drug-likeness (QED) is 0.783. The molecular formula is C23H29Cl2N3O. The summed E-state index contributed by atoms with van der Waals surface area (Å²) in [4.78, 5) is 17.2. The number of nitrogens with zero attached hydrogens (tertiary/aromatic N) is 2. The summed E-state index contributed by atoms with van der Waals surface area (Å²) in [5.74, 6) is 0.239. The van der Waals surface area contributed by atoms with Gasteiger partial charge in [0.15, 0.2) is 0 Å². The van der Waals surface area contributed by atoms with E-state index in [1.54, 1.807) is 0 Å². The smallest absolute Gasteiger partial charge is 0.242 e. The third-order valence-corrected chi connectivity index (χ3v) is 6.79. The minimum atomic E-state index is -0.0176. The molecule has 0 aromatic heterocycles. The number of rotatable bonds is 4. The van der Waals surface area contributed by atoms with Crippen molar-refractivity contribution < 1.29 is 4.79 Å². The predicted molar refractivity (Wildman–Crippen MR) is 122 cm³/mol. The van der Waals surface area contributed by atoms with Crippen LogP contribution in [0.15, 0.2) is 54.6 Å². The third-order valence-electron chi connectivity index (χ3n) is 6.56. The molecule has 2 aromatic rings. The van der Waals surface area contributed by atoms with Gasteiger partial charge in [-0.3, -0.25) is 4.79 Å². The van der Waals surface area contributed by atoms with Crippen molar-refractivity contribution in [1.29, 1.82) is 0 Å². The first-order chi connectivity index (χ1) is 13.6. The Hall–Kier alpha value is -1.75. The van der Waals surface area contributed by atoms with E-state index in [-0.39, 0.29) is 23.7 Å². The van der Waals surface area contributed by atoms with Crippen LogP contribution < -0.4 is 10.6 Å². The van der Waals surface area contributed by atoms with E-state index in [0.29, 0.717) is 19.1 Å². The zero-order valence-corrected chi connectivity index (χ0v) is 18.2. The van der Waals surface area contributed by atoms with Gasteiger partial charge in [0.2, 0.25) is 5.91 Å². The molecule has 0 atom stereocenters. The summed E-state index contributed by atoms with van der Waals surface area (Å²) in [6, 6.07) is 18.6. The van der Waals surface area contributed by atoms with E-state index in [2.05, 4.69) is 34.1 Å². The van der Waals surface area contributed by atoms with Gasteiger partial charge in [-0.05, 0) is 55.5 Å². The fraction of sp³-hybridized carbons (Fsp3) is 0.435. The highest BCUT2D eigenvalue weighted by Crippen LogP contribution is 2.41. The summed E-state index contributed by atoms with van der Waals surface area (Å²) in [6.45, 7) is 2.78. The van der Waals surface area contributed by atoms with E-state index in [4.69, 9.17) is 17.3 Å². The number of benzene rings is 2. The number of carbonyl (C=O) groups excluding carboxylic acids is 1. The normalized spacial score (nSPS) is 24.9. The summed E-state index contributed by atoms with van der Waals surface area (Å²) in [7, 11) is 0. The van der Waals surface area contributed by atoms with Gasteiger partial charge >= 0.3 is 0 Å². The first-order valence-corrected chi connectivity index (χ1v) is 10.5. The van der Waals surface area contributed by atoms with Crippen molar-refractivity contribution in [3.63, 3.8) is 0 Å². The average Bonchev–Trinajstić information content (AvgIpc) is 2.74. The average molecular weight is 434 g/mol. The van der Waals surface area contributed by atoms with Crippen LogP contribution in [0.25, 0.3) is 0 Å². The van der Waals surface area contributed by atoms with E-state index in [0.717, 1.165) is 49.5 Å². The van der Waals surface area contributed by atoms with Crippen molar-refractivity contribution in [3.8, 4) is 0 Å². The number of para-hydroxylation sites is 1. The molecule has 1 saturated carbocycles. The van der Waals surface area contributed by atoms with Gasteiger partial charge in [-0.15, -0.1) is 12.4 Å². The molecule has 0 unspecified atom stereocenters. The number of anilines is 1. The van der Waals surface area contributed by atoms with Crippen LogP contribution >= 0.6 is 24.0 Å². The van der Waals surface area contributed by atoms with Crippen molar-refractivity contribution in [1.82, 2.24) is 4.90 Å². The number of hydrogen-bond donors (Lipinski definition) is 1. The molecule has 2 aromatic carbocycles. The van der Waals surface area contributed by atoms with Gasteiger partial charge in [-0.2, -0.15) is 0 Å². The highest BCUT2D eigenvalue weighted by molar-refractivity contribution is 6.30. The van der Waals surface area contributed by atoms with Gasteiger partial charge in [0, 0.05) is 41.8 Å². The molecule has 6 heteroatoms. The summed E-state index contributed by atoms with van der Waals surface area (Å²) in [5, 5.41) is 0.764. The molecule has 1 heterocycles. The van der Waals surface area contributed by atoms with Crippen LogP contribution in [0.5, 0.6) is 0 Å². The second-order valence-corrected chi connectivity index (χ2v) is 8.51. The van der Waals surface area contributed by atoms with Crippen molar-refractivity contribution in [3.05, 3.63) is 65.2 Å². The van der Waals surface area contributed by atoms with Crippen LogP contribution in [0.3, 0.4) is 0 Å². The Bertz CT molecular complexity index is 822. The Morgan fingerprint density at radius 3 is 2.38 bits per heavy atom. The van der Waals surface area contributed by atoms with Gasteiger partial charge in [-0.25, -0.2) is 0 Å². The van der Waals surface area contributed by atoms with Gasteiger partial charge in [0.25, 0.3) is 0 Å². The summed E-state index contributed by atoms with van der Waals surface area (Å²) < 4.78 is 0. The maximum absolute atomic E-state index is 12.9. The molecular weight excluding hydrogens is 405 g/mol. The van der Waals surface area contributed by atoms with E-state index in [9.17, 15) is 4.79 Å². The third kappa shape index (κ3) is 4.55. The Labute approximate surface area is 184 Å². The number of halogens is 2. The maximum Gasteiger partial charge on any atom is 0.242 e. The van der Waals surface area contributed by atoms with Crippen LogP contribution in [-0.4, -0.2) is 43.0 Å². The van der Waals surface area contributed by atoms with E-state index < -0.39 is 0 Å². The Balaban J connectivity index is 0.00000240. The van der Waals surface area contributed by atoms with Crippen molar-refractivity contribution in [2.24, 2.45) is 5.73 Å². The molecule has 1 aliphatic carbocycles. The highest BCUT2D eigenvalue weighted by Gasteiger charge is 2.39. The van der Waals surface area contributed by atoms with Gasteiger partial charge in [-0.1, -0.05) is 41.9 Å². The predicted octanol–water partition coefficient (Wildman–Crippen LogP) is 4.25. The number of carbonyl (C=O) groups is 1. The SMILES string of the molecule is Cl.NC[C@]1(c2cccc(Cl)c2)CC[C@@H](N2CCN(c3ccccc3)CC2=O)CC1. The number of nitrogens with two attached hydrogens (primary N) is 1. The number of amides is 1. The molecule has 1 saturated heterocycles. The lowest BCUT2D eigenvalue weighted by Crippen LogP contribution is -2.56. The number of hydrogen-bond acceptors (Lipinski definition) is 3. The van der Waals surface area contributed by atoms with Crippen LogP contribution in [0.2, 0.25) is 5.02 Å². The monoisotopic (exact) mass is 433 g/mol. The zero-order valence-electron chi connectivity index (χ0n) is 16.6. The standard InChI is InChI=1S/C23H28ClN3O.ClH/c24-19-6-4-5-18(15-19)23(17-25)11-9-21(10-12-23)27-14-13-26(16-22(27)28)20-7-2-1-3-8-20;/h1-8,15,21H,9-14,16-17,25H2;1H/t21-,23+;. The molecule has 0 spiro atoms. The fourth-order valence-corrected chi connectivity index (χ4v) is 5.02.